The van der Waals surface area contributed by atoms with E-state index in [0.29, 0.717) is 34.8 Å². The van der Waals surface area contributed by atoms with E-state index in [9.17, 15) is 9.18 Å². The number of nitrogens with zero attached hydrogens (tertiary/aromatic N) is 2. The highest BCUT2D eigenvalue weighted by molar-refractivity contribution is 5.83. The molecule has 0 radical (unpaired) electrons. The molecule has 1 saturated heterocycles. The molecule has 25 heavy (non-hydrogen) atoms. The van der Waals surface area contributed by atoms with Crippen LogP contribution in [0.2, 0.25) is 0 Å². The SMILES string of the molecule is C[C@@H](N)c1cc(F)cc2c(=O)n3c(nc12)C(=CC1CCOCC1)CC3. The molecule has 1 fully saturated rings. The van der Waals surface area contributed by atoms with Crippen LogP contribution < -0.4 is 11.3 Å². The summed E-state index contributed by atoms with van der Waals surface area (Å²) in [6, 6.07) is 2.26. The van der Waals surface area contributed by atoms with Crippen molar-refractivity contribution in [2.24, 2.45) is 11.7 Å². The smallest absolute Gasteiger partial charge is 0.261 e. The van der Waals surface area contributed by atoms with Crippen molar-refractivity contribution in [1.29, 1.82) is 0 Å². The number of halogens is 1. The Morgan fingerprint density at radius 1 is 1.40 bits per heavy atom. The first-order valence-electron chi connectivity index (χ1n) is 8.83. The second-order valence-electron chi connectivity index (χ2n) is 6.96. The lowest BCUT2D eigenvalue weighted by molar-refractivity contribution is 0.0786. The van der Waals surface area contributed by atoms with Crippen molar-refractivity contribution < 1.29 is 9.13 Å². The maximum absolute atomic E-state index is 13.9. The predicted molar refractivity (Wildman–Crippen MR) is 94.7 cm³/mol. The summed E-state index contributed by atoms with van der Waals surface area (Å²) >= 11 is 0. The van der Waals surface area contributed by atoms with Crippen molar-refractivity contribution in [3.63, 3.8) is 0 Å². The Hall–Kier alpha value is -2.05. The van der Waals surface area contributed by atoms with E-state index in [1.54, 1.807) is 11.5 Å². The van der Waals surface area contributed by atoms with E-state index in [-0.39, 0.29) is 5.56 Å². The summed E-state index contributed by atoms with van der Waals surface area (Å²) < 4.78 is 21.0. The maximum atomic E-state index is 13.9. The van der Waals surface area contributed by atoms with E-state index < -0.39 is 11.9 Å². The molecule has 2 N–H and O–H groups in total. The van der Waals surface area contributed by atoms with Crippen molar-refractivity contribution in [2.45, 2.75) is 38.8 Å². The second kappa shape index (κ2) is 6.35. The molecule has 2 aliphatic heterocycles. The molecule has 0 amide bonds. The fourth-order valence-electron chi connectivity index (χ4n) is 3.78. The van der Waals surface area contributed by atoms with Crippen LogP contribution in [0.5, 0.6) is 0 Å². The van der Waals surface area contributed by atoms with Crippen LogP contribution >= 0.6 is 0 Å². The normalized spacial score (nSPS) is 21.0. The number of hydrogen-bond acceptors (Lipinski definition) is 4. The number of allylic oxidation sites excluding steroid dienone is 2. The minimum Gasteiger partial charge on any atom is -0.381 e. The molecule has 6 heteroatoms. The molecule has 2 aliphatic rings. The van der Waals surface area contributed by atoms with Gasteiger partial charge in [0.2, 0.25) is 0 Å². The fourth-order valence-corrected chi connectivity index (χ4v) is 3.78. The summed E-state index contributed by atoms with van der Waals surface area (Å²) in [6.07, 6.45) is 5.02. The quantitative estimate of drug-likeness (QED) is 0.910. The summed E-state index contributed by atoms with van der Waals surface area (Å²) in [4.78, 5) is 17.6. The highest BCUT2D eigenvalue weighted by Crippen LogP contribution is 2.30. The van der Waals surface area contributed by atoms with Crippen LogP contribution in [-0.2, 0) is 11.3 Å². The summed E-state index contributed by atoms with van der Waals surface area (Å²) in [5.74, 6) is 0.719. The number of rotatable bonds is 2. The first kappa shape index (κ1) is 16.4. The second-order valence-corrected chi connectivity index (χ2v) is 6.96. The van der Waals surface area contributed by atoms with Gasteiger partial charge < -0.3 is 10.5 Å². The molecule has 5 nitrogen and oxygen atoms in total. The Bertz CT molecular complexity index is 911. The van der Waals surface area contributed by atoms with E-state index in [2.05, 4.69) is 6.08 Å². The van der Waals surface area contributed by atoms with Gasteiger partial charge in [-0.2, -0.15) is 0 Å². The van der Waals surface area contributed by atoms with Gasteiger partial charge in [0.05, 0.1) is 10.9 Å². The summed E-state index contributed by atoms with van der Waals surface area (Å²) in [5.41, 5.74) is 8.00. The predicted octanol–water partition coefficient (Wildman–Crippen LogP) is 2.77. The van der Waals surface area contributed by atoms with Crippen molar-refractivity contribution in [3.8, 4) is 0 Å². The van der Waals surface area contributed by atoms with Crippen molar-refractivity contribution in [2.75, 3.05) is 13.2 Å². The van der Waals surface area contributed by atoms with E-state index in [0.717, 1.165) is 38.0 Å². The lowest BCUT2D eigenvalue weighted by atomic mass is 9.96. The van der Waals surface area contributed by atoms with Gasteiger partial charge in [-0.05, 0) is 55.4 Å². The number of ether oxygens (including phenoxy) is 1. The van der Waals surface area contributed by atoms with Crippen LogP contribution in [0.15, 0.2) is 23.0 Å². The molecule has 3 heterocycles. The van der Waals surface area contributed by atoms with Gasteiger partial charge in [-0.15, -0.1) is 0 Å². The molecule has 0 bridgehead atoms. The van der Waals surface area contributed by atoms with Crippen LogP contribution in [0.3, 0.4) is 0 Å². The van der Waals surface area contributed by atoms with Gasteiger partial charge in [0.1, 0.15) is 11.6 Å². The maximum Gasteiger partial charge on any atom is 0.261 e. The van der Waals surface area contributed by atoms with Crippen molar-refractivity contribution >= 4 is 16.5 Å². The molecule has 1 aromatic carbocycles. The number of fused-ring (bicyclic) bond motifs is 2. The van der Waals surface area contributed by atoms with E-state index in [1.807, 2.05) is 0 Å². The molecule has 0 aliphatic carbocycles. The number of benzene rings is 1. The van der Waals surface area contributed by atoms with Crippen LogP contribution in [0.1, 0.15) is 43.6 Å². The largest absolute Gasteiger partial charge is 0.381 e. The highest BCUT2D eigenvalue weighted by Gasteiger charge is 2.24. The lowest BCUT2D eigenvalue weighted by Gasteiger charge is -2.19. The minimum atomic E-state index is -0.449. The van der Waals surface area contributed by atoms with Gasteiger partial charge >= 0.3 is 0 Å². The van der Waals surface area contributed by atoms with Gasteiger partial charge in [0.25, 0.3) is 5.56 Å². The third-order valence-corrected chi connectivity index (χ3v) is 5.14. The zero-order chi connectivity index (χ0) is 17.6. The third-order valence-electron chi connectivity index (χ3n) is 5.14. The molecule has 0 unspecified atom stereocenters. The Morgan fingerprint density at radius 3 is 2.88 bits per heavy atom. The van der Waals surface area contributed by atoms with Gasteiger partial charge in [0.15, 0.2) is 0 Å². The highest BCUT2D eigenvalue weighted by atomic mass is 19.1. The molecule has 1 aromatic heterocycles. The van der Waals surface area contributed by atoms with Crippen LogP contribution in [0.4, 0.5) is 4.39 Å². The average molecular weight is 343 g/mol. The molecular weight excluding hydrogens is 321 g/mol. The minimum absolute atomic E-state index is 0.184. The Labute approximate surface area is 145 Å². The zero-order valence-electron chi connectivity index (χ0n) is 14.3. The monoisotopic (exact) mass is 343 g/mol. The van der Waals surface area contributed by atoms with Crippen LogP contribution in [0, 0.1) is 11.7 Å². The number of nitrogens with two attached hydrogens (primary N) is 1. The number of hydrogen-bond donors (Lipinski definition) is 1. The topological polar surface area (TPSA) is 70.1 Å². The van der Waals surface area contributed by atoms with Crippen LogP contribution in [0.25, 0.3) is 16.5 Å². The number of aromatic nitrogens is 2. The summed E-state index contributed by atoms with van der Waals surface area (Å²) in [5, 5.41) is 0.309. The molecular formula is C19H22FN3O2. The fraction of sp³-hybridized carbons (Fsp3) is 0.474. The molecule has 132 valence electrons. The summed E-state index contributed by atoms with van der Waals surface area (Å²) in [6.45, 7) is 3.93. The molecule has 2 aromatic rings. The third kappa shape index (κ3) is 2.89. The van der Waals surface area contributed by atoms with Crippen molar-refractivity contribution in [3.05, 3.63) is 45.8 Å². The van der Waals surface area contributed by atoms with Gasteiger partial charge in [-0.25, -0.2) is 9.37 Å². The lowest BCUT2D eigenvalue weighted by Crippen LogP contribution is -2.22. The van der Waals surface area contributed by atoms with Crippen LogP contribution in [-0.4, -0.2) is 22.8 Å². The van der Waals surface area contributed by atoms with Gasteiger partial charge in [-0.3, -0.25) is 9.36 Å². The summed E-state index contributed by atoms with van der Waals surface area (Å²) in [7, 11) is 0. The molecule has 4 rings (SSSR count). The standard InChI is InChI=1S/C19H22FN3O2/c1-11(21)15-9-14(20)10-16-17(15)22-18-13(2-5-23(18)19(16)24)8-12-3-6-25-7-4-12/h8-12H,2-7,21H2,1H3/t11-/m1/s1. The van der Waals surface area contributed by atoms with Gasteiger partial charge in [0, 0.05) is 25.8 Å². The molecule has 1 atom stereocenters. The Morgan fingerprint density at radius 2 is 2.16 bits per heavy atom. The van der Waals surface area contributed by atoms with Crippen molar-refractivity contribution in [1.82, 2.24) is 9.55 Å². The molecule has 0 spiro atoms. The Balaban J connectivity index is 1.88. The Kier molecular flexibility index (Phi) is 4.17. The first-order valence-corrected chi connectivity index (χ1v) is 8.83. The van der Waals surface area contributed by atoms with E-state index >= 15 is 0 Å². The molecule has 0 saturated carbocycles. The van der Waals surface area contributed by atoms with E-state index in [1.165, 1.54) is 12.1 Å². The van der Waals surface area contributed by atoms with E-state index in [4.69, 9.17) is 15.5 Å². The average Bonchev–Trinajstić information content (AvgIpc) is 2.99. The van der Waals surface area contributed by atoms with Gasteiger partial charge in [-0.1, -0.05) is 6.08 Å². The zero-order valence-corrected chi connectivity index (χ0v) is 14.3. The first-order chi connectivity index (χ1) is 12.0.